The Morgan fingerprint density at radius 3 is 2.77 bits per heavy atom. The van der Waals surface area contributed by atoms with Crippen molar-refractivity contribution in [3.8, 4) is 11.3 Å². The third-order valence-corrected chi connectivity index (χ3v) is 2.38. The lowest BCUT2D eigenvalue weighted by Crippen LogP contribution is -1.82. The first-order valence-corrected chi connectivity index (χ1v) is 4.51. The summed E-state index contributed by atoms with van der Waals surface area (Å²) in [5.74, 6) is -0.254. The highest BCUT2D eigenvalue weighted by Gasteiger charge is 2.04. The Balaban J connectivity index is 2.53. The van der Waals surface area contributed by atoms with Crippen LogP contribution < -0.4 is 0 Å². The van der Waals surface area contributed by atoms with Gasteiger partial charge in [-0.2, -0.15) is 5.10 Å². The van der Waals surface area contributed by atoms with Gasteiger partial charge in [0.15, 0.2) is 0 Å². The molecule has 0 fully saturated rings. The van der Waals surface area contributed by atoms with Gasteiger partial charge in [0.2, 0.25) is 0 Å². The fourth-order valence-electron chi connectivity index (χ4n) is 1.11. The molecule has 0 aliphatic heterocycles. The van der Waals surface area contributed by atoms with Crippen LogP contribution in [0.15, 0.2) is 34.9 Å². The molecule has 2 nitrogen and oxygen atoms in total. The van der Waals surface area contributed by atoms with E-state index in [1.807, 2.05) is 6.07 Å². The van der Waals surface area contributed by atoms with E-state index in [2.05, 4.69) is 26.1 Å². The van der Waals surface area contributed by atoms with Gasteiger partial charge in [0.25, 0.3) is 0 Å². The quantitative estimate of drug-likeness (QED) is 0.816. The van der Waals surface area contributed by atoms with Gasteiger partial charge in [-0.05, 0) is 40.2 Å². The summed E-state index contributed by atoms with van der Waals surface area (Å²) >= 11 is 3.28. The average molecular weight is 241 g/mol. The molecule has 0 saturated carbocycles. The second-order valence-electron chi connectivity index (χ2n) is 2.59. The zero-order valence-corrected chi connectivity index (χ0v) is 8.18. The molecule has 2 rings (SSSR count). The first-order chi connectivity index (χ1) is 6.27. The largest absolute Gasteiger partial charge is 0.278 e. The zero-order valence-electron chi connectivity index (χ0n) is 6.59. The molecule has 66 valence electrons. The molecule has 1 N–H and O–H groups in total. The maximum absolute atomic E-state index is 12.7. The van der Waals surface area contributed by atoms with E-state index in [1.165, 1.54) is 12.1 Å². The van der Waals surface area contributed by atoms with Crippen LogP contribution in [-0.4, -0.2) is 10.2 Å². The Kier molecular flexibility index (Phi) is 2.14. The van der Waals surface area contributed by atoms with E-state index in [1.54, 1.807) is 12.3 Å². The van der Waals surface area contributed by atoms with Crippen LogP contribution in [0.25, 0.3) is 11.3 Å². The fourth-order valence-corrected chi connectivity index (χ4v) is 1.68. The van der Waals surface area contributed by atoms with Crippen molar-refractivity contribution in [2.75, 3.05) is 0 Å². The Bertz CT molecular complexity index is 412. The second-order valence-corrected chi connectivity index (χ2v) is 3.45. The van der Waals surface area contributed by atoms with E-state index in [0.717, 1.165) is 15.7 Å². The third kappa shape index (κ3) is 1.62. The third-order valence-electron chi connectivity index (χ3n) is 1.72. The molecular weight excluding hydrogens is 235 g/mol. The summed E-state index contributed by atoms with van der Waals surface area (Å²) < 4.78 is 13.5. The first kappa shape index (κ1) is 8.44. The molecule has 0 spiro atoms. The minimum atomic E-state index is -0.254. The minimum absolute atomic E-state index is 0.254. The van der Waals surface area contributed by atoms with E-state index in [4.69, 9.17) is 0 Å². The van der Waals surface area contributed by atoms with Gasteiger partial charge in [0.1, 0.15) is 5.82 Å². The van der Waals surface area contributed by atoms with E-state index in [0.29, 0.717) is 0 Å². The molecule has 1 aromatic carbocycles. The van der Waals surface area contributed by atoms with Gasteiger partial charge in [-0.1, -0.05) is 0 Å². The van der Waals surface area contributed by atoms with E-state index in [-0.39, 0.29) is 5.82 Å². The lowest BCUT2D eigenvalue weighted by Gasteiger charge is -2.00. The lowest BCUT2D eigenvalue weighted by molar-refractivity contribution is 0.627. The Morgan fingerprint density at radius 1 is 1.31 bits per heavy atom. The van der Waals surface area contributed by atoms with Gasteiger partial charge in [0, 0.05) is 16.2 Å². The smallest absolute Gasteiger partial charge is 0.124 e. The molecule has 0 atom stereocenters. The minimum Gasteiger partial charge on any atom is -0.278 e. The number of hydrogen-bond acceptors (Lipinski definition) is 1. The lowest BCUT2D eigenvalue weighted by atomic mass is 10.1. The summed E-state index contributed by atoms with van der Waals surface area (Å²) in [5, 5.41) is 6.63. The predicted octanol–water partition coefficient (Wildman–Crippen LogP) is 2.98. The zero-order chi connectivity index (χ0) is 9.26. The molecule has 0 unspecified atom stereocenters. The summed E-state index contributed by atoms with van der Waals surface area (Å²) in [6.07, 6.45) is 1.66. The standard InChI is InChI=1S/C9H6BrFN2/c10-8-5-6(11)1-2-7(8)9-3-4-12-13-9/h1-5H,(H,12,13). The van der Waals surface area contributed by atoms with Crippen molar-refractivity contribution in [1.29, 1.82) is 0 Å². The van der Waals surface area contributed by atoms with E-state index in [9.17, 15) is 4.39 Å². The summed E-state index contributed by atoms with van der Waals surface area (Å²) in [7, 11) is 0. The van der Waals surface area contributed by atoms with Crippen LogP contribution in [0.3, 0.4) is 0 Å². The summed E-state index contributed by atoms with van der Waals surface area (Å²) in [6.45, 7) is 0. The molecule has 0 saturated heterocycles. The van der Waals surface area contributed by atoms with Crippen LogP contribution in [0.1, 0.15) is 0 Å². The van der Waals surface area contributed by atoms with Crippen molar-refractivity contribution in [2.24, 2.45) is 0 Å². The number of aromatic amines is 1. The molecule has 4 heteroatoms. The van der Waals surface area contributed by atoms with Crippen LogP contribution in [-0.2, 0) is 0 Å². The van der Waals surface area contributed by atoms with Crippen LogP contribution in [0.2, 0.25) is 0 Å². The monoisotopic (exact) mass is 240 g/mol. The normalized spacial score (nSPS) is 10.3. The molecule has 0 aliphatic rings. The summed E-state index contributed by atoms with van der Waals surface area (Å²) in [4.78, 5) is 0. The average Bonchev–Trinajstić information content (AvgIpc) is 2.56. The number of halogens is 2. The molecule has 0 bridgehead atoms. The SMILES string of the molecule is Fc1ccc(-c2ccn[nH]2)c(Br)c1. The molecular formula is C9H6BrFN2. The van der Waals surface area contributed by atoms with Crippen molar-refractivity contribution >= 4 is 15.9 Å². The maximum Gasteiger partial charge on any atom is 0.124 e. The summed E-state index contributed by atoms with van der Waals surface area (Å²) in [6, 6.07) is 6.38. The van der Waals surface area contributed by atoms with Gasteiger partial charge >= 0.3 is 0 Å². The number of hydrogen-bond donors (Lipinski definition) is 1. The van der Waals surface area contributed by atoms with E-state index >= 15 is 0 Å². The Morgan fingerprint density at radius 2 is 2.15 bits per heavy atom. The summed E-state index contributed by atoms with van der Waals surface area (Å²) in [5.41, 5.74) is 1.77. The molecule has 0 radical (unpaired) electrons. The van der Waals surface area contributed by atoms with Crippen molar-refractivity contribution in [1.82, 2.24) is 10.2 Å². The van der Waals surface area contributed by atoms with Gasteiger partial charge in [0.05, 0.1) is 5.69 Å². The number of aromatic nitrogens is 2. The molecule has 1 heterocycles. The van der Waals surface area contributed by atoms with Gasteiger partial charge < -0.3 is 0 Å². The number of rotatable bonds is 1. The van der Waals surface area contributed by atoms with Crippen molar-refractivity contribution in [2.45, 2.75) is 0 Å². The molecule has 0 amide bonds. The van der Waals surface area contributed by atoms with Gasteiger partial charge in [-0.25, -0.2) is 4.39 Å². The molecule has 2 aromatic rings. The Hall–Kier alpha value is -1.16. The van der Waals surface area contributed by atoms with Crippen molar-refractivity contribution < 1.29 is 4.39 Å². The fraction of sp³-hybridized carbons (Fsp3) is 0. The van der Waals surface area contributed by atoms with Crippen LogP contribution >= 0.6 is 15.9 Å². The number of nitrogens with zero attached hydrogens (tertiary/aromatic N) is 1. The topological polar surface area (TPSA) is 28.7 Å². The van der Waals surface area contributed by atoms with Crippen LogP contribution in [0.4, 0.5) is 4.39 Å². The highest BCUT2D eigenvalue weighted by molar-refractivity contribution is 9.10. The van der Waals surface area contributed by atoms with E-state index < -0.39 is 0 Å². The molecule has 13 heavy (non-hydrogen) atoms. The second kappa shape index (κ2) is 3.30. The van der Waals surface area contributed by atoms with Gasteiger partial charge in [-0.15, -0.1) is 0 Å². The first-order valence-electron chi connectivity index (χ1n) is 3.72. The predicted molar refractivity (Wildman–Crippen MR) is 51.7 cm³/mol. The highest BCUT2D eigenvalue weighted by Crippen LogP contribution is 2.26. The Labute approximate surface area is 82.9 Å². The molecule has 0 aliphatic carbocycles. The highest BCUT2D eigenvalue weighted by atomic mass is 79.9. The van der Waals surface area contributed by atoms with Crippen molar-refractivity contribution in [3.05, 3.63) is 40.8 Å². The van der Waals surface area contributed by atoms with Crippen LogP contribution in [0.5, 0.6) is 0 Å². The van der Waals surface area contributed by atoms with Crippen molar-refractivity contribution in [3.63, 3.8) is 0 Å². The van der Waals surface area contributed by atoms with Crippen LogP contribution in [0, 0.1) is 5.82 Å². The number of H-pyrrole nitrogens is 1. The number of nitrogens with one attached hydrogen (secondary N) is 1. The molecule has 1 aromatic heterocycles. The maximum atomic E-state index is 12.7. The van der Waals surface area contributed by atoms with Gasteiger partial charge in [-0.3, -0.25) is 5.10 Å². The number of benzene rings is 1.